The molecule has 16 heavy (non-hydrogen) atoms. The molecule has 0 aliphatic rings. The summed E-state index contributed by atoms with van der Waals surface area (Å²) >= 11 is 0. The van der Waals surface area contributed by atoms with Gasteiger partial charge in [-0.3, -0.25) is 0 Å². The van der Waals surface area contributed by atoms with E-state index in [4.69, 9.17) is 14.6 Å². The Balaban J connectivity index is 2.86. The van der Waals surface area contributed by atoms with Gasteiger partial charge in [-0.05, 0) is 17.7 Å². The maximum Gasteiger partial charge on any atom is 0.333 e. The van der Waals surface area contributed by atoms with Crippen LogP contribution in [-0.4, -0.2) is 31.4 Å². The Kier molecular flexibility index (Phi) is 4.31. The largest absolute Gasteiger partial charge is 0.497 e. The summed E-state index contributed by atoms with van der Waals surface area (Å²) in [7, 11) is 2.99. The van der Waals surface area contributed by atoms with E-state index in [2.05, 4.69) is 0 Å². The van der Waals surface area contributed by atoms with Gasteiger partial charge in [0.15, 0.2) is 6.10 Å². The number of ether oxygens (including phenoxy) is 2. The molecule has 0 spiro atoms. The predicted octanol–water partition coefficient (Wildman–Crippen LogP) is 1.90. The summed E-state index contributed by atoms with van der Waals surface area (Å²) in [5.74, 6) is -0.403. The number of aliphatic carboxylic acids is 1. The highest BCUT2D eigenvalue weighted by Gasteiger charge is 2.25. The minimum absolute atomic E-state index is 0.201. The lowest BCUT2D eigenvalue weighted by Crippen LogP contribution is -2.28. The molecule has 2 unspecified atom stereocenters. The molecule has 1 rings (SSSR count). The number of rotatable bonds is 5. The summed E-state index contributed by atoms with van der Waals surface area (Å²) in [6.07, 6.45) is -0.826. The Labute approximate surface area is 94.8 Å². The van der Waals surface area contributed by atoms with Crippen LogP contribution < -0.4 is 4.74 Å². The Morgan fingerprint density at radius 3 is 2.19 bits per heavy atom. The van der Waals surface area contributed by atoms with Crippen LogP contribution in [0.5, 0.6) is 5.75 Å². The van der Waals surface area contributed by atoms with E-state index in [-0.39, 0.29) is 5.92 Å². The van der Waals surface area contributed by atoms with E-state index in [1.807, 2.05) is 19.1 Å². The van der Waals surface area contributed by atoms with Gasteiger partial charge in [-0.15, -0.1) is 0 Å². The molecule has 0 amide bonds. The maximum atomic E-state index is 10.9. The van der Waals surface area contributed by atoms with Gasteiger partial charge in [0, 0.05) is 13.0 Å². The maximum absolute atomic E-state index is 10.9. The molecule has 4 heteroatoms. The van der Waals surface area contributed by atoms with Crippen molar-refractivity contribution in [1.82, 2.24) is 0 Å². The lowest BCUT2D eigenvalue weighted by molar-refractivity contribution is -0.149. The highest BCUT2D eigenvalue weighted by Crippen LogP contribution is 2.23. The third-order valence-corrected chi connectivity index (χ3v) is 2.59. The van der Waals surface area contributed by atoms with Gasteiger partial charge in [-0.2, -0.15) is 0 Å². The normalized spacial score (nSPS) is 14.2. The van der Waals surface area contributed by atoms with Crippen molar-refractivity contribution in [3.63, 3.8) is 0 Å². The number of hydrogen-bond acceptors (Lipinski definition) is 3. The first-order valence-electron chi connectivity index (χ1n) is 4.99. The van der Waals surface area contributed by atoms with Crippen molar-refractivity contribution in [2.45, 2.75) is 18.9 Å². The summed E-state index contributed by atoms with van der Waals surface area (Å²) < 4.78 is 9.99. The van der Waals surface area contributed by atoms with Crippen LogP contribution in [0.3, 0.4) is 0 Å². The van der Waals surface area contributed by atoms with Crippen molar-refractivity contribution in [3.05, 3.63) is 29.8 Å². The van der Waals surface area contributed by atoms with Crippen molar-refractivity contribution in [2.24, 2.45) is 0 Å². The smallest absolute Gasteiger partial charge is 0.333 e. The van der Waals surface area contributed by atoms with Crippen LogP contribution in [0.2, 0.25) is 0 Å². The van der Waals surface area contributed by atoms with Crippen LogP contribution in [0.25, 0.3) is 0 Å². The molecular weight excluding hydrogens is 208 g/mol. The number of methoxy groups -OCH3 is 2. The van der Waals surface area contributed by atoms with Crippen LogP contribution >= 0.6 is 0 Å². The summed E-state index contributed by atoms with van der Waals surface area (Å²) in [6, 6.07) is 7.30. The minimum Gasteiger partial charge on any atom is -0.497 e. The zero-order valence-electron chi connectivity index (χ0n) is 9.64. The molecule has 0 aliphatic carbocycles. The first-order valence-corrected chi connectivity index (χ1v) is 4.99. The molecule has 0 heterocycles. The lowest BCUT2D eigenvalue weighted by atomic mass is 9.95. The van der Waals surface area contributed by atoms with Gasteiger partial charge < -0.3 is 14.6 Å². The zero-order chi connectivity index (χ0) is 12.1. The van der Waals surface area contributed by atoms with Crippen LogP contribution in [0.15, 0.2) is 24.3 Å². The number of carboxylic acid groups (broad SMARTS) is 1. The minimum atomic E-state index is -0.953. The van der Waals surface area contributed by atoms with Crippen LogP contribution in [-0.2, 0) is 9.53 Å². The molecule has 88 valence electrons. The molecule has 0 fully saturated rings. The average Bonchev–Trinajstić information content (AvgIpc) is 2.29. The van der Waals surface area contributed by atoms with Gasteiger partial charge in [-0.25, -0.2) is 4.79 Å². The molecule has 2 atom stereocenters. The molecule has 1 aromatic carbocycles. The molecule has 0 aliphatic heterocycles. The first kappa shape index (κ1) is 12.5. The summed E-state index contributed by atoms with van der Waals surface area (Å²) in [5.41, 5.74) is 0.912. The average molecular weight is 224 g/mol. The van der Waals surface area contributed by atoms with Crippen molar-refractivity contribution >= 4 is 5.97 Å². The van der Waals surface area contributed by atoms with E-state index in [9.17, 15) is 4.79 Å². The third-order valence-electron chi connectivity index (χ3n) is 2.59. The van der Waals surface area contributed by atoms with Gasteiger partial charge >= 0.3 is 5.97 Å². The number of hydrogen-bond donors (Lipinski definition) is 1. The van der Waals surface area contributed by atoms with Crippen molar-refractivity contribution < 1.29 is 19.4 Å². The fraction of sp³-hybridized carbons (Fsp3) is 0.417. The molecule has 0 bridgehead atoms. The van der Waals surface area contributed by atoms with Crippen molar-refractivity contribution in [3.8, 4) is 5.75 Å². The van der Waals surface area contributed by atoms with Crippen molar-refractivity contribution in [2.75, 3.05) is 14.2 Å². The fourth-order valence-electron chi connectivity index (χ4n) is 1.60. The molecule has 1 aromatic rings. The third kappa shape index (κ3) is 2.73. The SMILES string of the molecule is COc1ccc(C(C)C(OC)C(=O)O)cc1. The molecule has 0 radical (unpaired) electrons. The van der Waals surface area contributed by atoms with Gasteiger partial charge in [0.1, 0.15) is 5.75 Å². The quantitative estimate of drug-likeness (QED) is 0.829. The topological polar surface area (TPSA) is 55.8 Å². The Morgan fingerprint density at radius 2 is 1.81 bits per heavy atom. The molecule has 0 saturated heterocycles. The van der Waals surface area contributed by atoms with Gasteiger partial charge in [0.25, 0.3) is 0 Å². The highest BCUT2D eigenvalue weighted by atomic mass is 16.5. The summed E-state index contributed by atoms with van der Waals surface area (Å²) in [4.78, 5) is 10.9. The van der Waals surface area contributed by atoms with Gasteiger partial charge in [0.2, 0.25) is 0 Å². The van der Waals surface area contributed by atoms with E-state index in [1.165, 1.54) is 7.11 Å². The Bertz CT molecular complexity index is 345. The first-order chi connectivity index (χ1) is 7.60. The standard InChI is InChI=1S/C12H16O4/c1-8(11(16-3)12(13)14)9-4-6-10(15-2)7-5-9/h4-8,11H,1-3H3,(H,13,14). The lowest BCUT2D eigenvalue weighted by Gasteiger charge is -2.19. The molecule has 4 nitrogen and oxygen atoms in total. The second-order valence-electron chi connectivity index (χ2n) is 3.56. The number of benzene rings is 1. The molecule has 0 saturated carbocycles. The van der Waals surface area contributed by atoms with E-state index < -0.39 is 12.1 Å². The summed E-state index contributed by atoms with van der Waals surface area (Å²) in [5, 5.41) is 8.96. The van der Waals surface area contributed by atoms with E-state index in [1.54, 1.807) is 19.2 Å². The van der Waals surface area contributed by atoms with Crippen LogP contribution in [0.1, 0.15) is 18.4 Å². The zero-order valence-corrected chi connectivity index (χ0v) is 9.64. The Morgan fingerprint density at radius 1 is 1.25 bits per heavy atom. The highest BCUT2D eigenvalue weighted by molar-refractivity contribution is 5.73. The van der Waals surface area contributed by atoms with Gasteiger partial charge in [0.05, 0.1) is 7.11 Å². The van der Waals surface area contributed by atoms with E-state index in [0.29, 0.717) is 0 Å². The second kappa shape index (κ2) is 5.51. The van der Waals surface area contributed by atoms with Crippen molar-refractivity contribution in [1.29, 1.82) is 0 Å². The van der Waals surface area contributed by atoms with Crippen LogP contribution in [0.4, 0.5) is 0 Å². The monoisotopic (exact) mass is 224 g/mol. The predicted molar refractivity (Wildman–Crippen MR) is 59.8 cm³/mol. The number of carboxylic acids is 1. The van der Waals surface area contributed by atoms with Gasteiger partial charge in [-0.1, -0.05) is 19.1 Å². The Hall–Kier alpha value is -1.55. The fourth-order valence-corrected chi connectivity index (χ4v) is 1.60. The van der Waals surface area contributed by atoms with E-state index >= 15 is 0 Å². The molecule has 1 N–H and O–H groups in total. The van der Waals surface area contributed by atoms with Crippen LogP contribution in [0, 0.1) is 0 Å². The summed E-state index contributed by atoms with van der Waals surface area (Å²) in [6.45, 7) is 1.82. The molecular formula is C12H16O4. The second-order valence-corrected chi connectivity index (χ2v) is 3.56. The van der Waals surface area contributed by atoms with E-state index in [0.717, 1.165) is 11.3 Å². The molecule has 0 aromatic heterocycles. The number of carbonyl (C=O) groups is 1.